The maximum atomic E-state index is 9.74. The Morgan fingerprint density at radius 3 is 2.67 bits per heavy atom. The third-order valence-electron chi connectivity index (χ3n) is 3.76. The monoisotopic (exact) mass is 320 g/mol. The van der Waals surface area contributed by atoms with E-state index in [1.165, 1.54) is 13.2 Å². The van der Waals surface area contributed by atoms with E-state index in [9.17, 15) is 10.4 Å². The topological polar surface area (TPSA) is 108 Å². The number of phenols is 1. The van der Waals surface area contributed by atoms with E-state index >= 15 is 0 Å². The number of benzene rings is 1. The highest BCUT2D eigenvalue weighted by Crippen LogP contribution is 2.34. The van der Waals surface area contributed by atoms with Gasteiger partial charge in [0.1, 0.15) is 17.5 Å². The number of pyridine rings is 1. The van der Waals surface area contributed by atoms with Gasteiger partial charge in [-0.3, -0.25) is 0 Å². The van der Waals surface area contributed by atoms with Gasteiger partial charge in [0.15, 0.2) is 11.5 Å². The summed E-state index contributed by atoms with van der Waals surface area (Å²) < 4.78 is 5.13. The summed E-state index contributed by atoms with van der Waals surface area (Å²) in [5, 5.41) is 19.1. The molecule has 0 radical (unpaired) electrons. The van der Waals surface area contributed by atoms with Gasteiger partial charge in [-0.1, -0.05) is 0 Å². The first-order valence-electron chi connectivity index (χ1n) is 7.27. The van der Waals surface area contributed by atoms with Crippen molar-refractivity contribution < 1.29 is 9.84 Å². The molecule has 0 amide bonds. The number of hydrogen-bond donors (Lipinski definition) is 3. The molecule has 4 N–H and O–H groups in total. The predicted octanol–water partition coefficient (Wildman–Crippen LogP) is 3.22. The quantitative estimate of drug-likeness (QED) is 0.686. The fourth-order valence-electron chi connectivity index (χ4n) is 2.54. The number of methoxy groups -OCH3 is 1. The van der Waals surface area contributed by atoms with Crippen molar-refractivity contribution in [3.8, 4) is 40.1 Å². The molecule has 0 saturated heterocycles. The molecule has 3 rings (SSSR count). The Kier molecular flexibility index (Phi) is 3.84. The number of H-pyrrole nitrogens is 1. The average Bonchev–Trinajstić information content (AvgIpc) is 3.01. The lowest BCUT2D eigenvalue weighted by Gasteiger charge is -2.10. The molecular weight excluding hydrogens is 304 g/mol. The molecule has 0 atom stereocenters. The van der Waals surface area contributed by atoms with E-state index in [4.69, 9.17) is 10.5 Å². The van der Waals surface area contributed by atoms with Gasteiger partial charge >= 0.3 is 0 Å². The van der Waals surface area contributed by atoms with Gasteiger partial charge in [0.05, 0.1) is 12.8 Å². The molecule has 0 aliphatic heterocycles. The zero-order valence-corrected chi connectivity index (χ0v) is 13.3. The number of phenolic OH excluding ortho intramolecular Hbond substituents is 1. The molecule has 0 unspecified atom stereocenters. The van der Waals surface area contributed by atoms with Crippen molar-refractivity contribution in [3.05, 3.63) is 47.7 Å². The highest BCUT2D eigenvalue weighted by molar-refractivity contribution is 5.79. The first kappa shape index (κ1) is 15.4. The van der Waals surface area contributed by atoms with Crippen LogP contribution in [0, 0.1) is 18.3 Å². The molecule has 6 nitrogen and oxygen atoms in total. The molecule has 2 aromatic heterocycles. The average molecular weight is 320 g/mol. The summed E-state index contributed by atoms with van der Waals surface area (Å²) in [5.41, 5.74) is 10.1. The fourth-order valence-corrected chi connectivity index (χ4v) is 2.54. The second-order valence-corrected chi connectivity index (χ2v) is 5.37. The van der Waals surface area contributed by atoms with E-state index in [0.717, 1.165) is 17.0 Å². The van der Waals surface area contributed by atoms with Gasteiger partial charge in [-0.2, -0.15) is 5.26 Å². The number of aromatic hydroxyl groups is 1. The minimum Gasteiger partial charge on any atom is -0.504 e. The number of nitrogens with one attached hydrogen (secondary N) is 1. The lowest BCUT2D eigenvalue weighted by atomic mass is 10.0. The van der Waals surface area contributed by atoms with Crippen LogP contribution in [0.4, 0.5) is 5.82 Å². The third-order valence-corrected chi connectivity index (χ3v) is 3.76. The van der Waals surface area contributed by atoms with Crippen LogP contribution in [0.25, 0.3) is 22.5 Å². The molecule has 0 saturated carbocycles. The second kappa shape index (κ2) is 5.97. The number of rotatable bonds is 3. The first-order chi connectivity index (χ1) is 11.5. The first-order valence-corrected chi connectivity index (χ1v) is 7.27. The van der Waals surface area contributed by atoms with Crippen molar-refractivity contribution >= 4 is 5.82 Å². The van der Waals surface area contributed by atoms with Crippen molar-refractivity contribution in [3.63, 3.8) is 0 Å². The maximum Gasteiger partial charge on any atom is 0.161 e. The smallest absolute Gasteiger partial charge is 0.161 e. The summed E-state index contributed by atoms with van der Waals surface area (Å²) in [4.78, 5) is 7.52. The molecule has 3 aromatic rings. The zero-order valence-electron chi connectivity index (χ0n) is 13.3. The SMILES string of the molecule is COc1cc(-c2cc(-c3ccc(C)[nH]3)c(C#N)c(N)n2)ccc1O. The highest BCUT2D eigenvalue weighted by Gasteiger charge is 2.15. The number of hydrogen-bond acceptors (Lipinski definition) is 5. The number of nitrogen functional groups attached to an aromatic ring is 1. The number of aromatic amines is 1. The van der Waals surface area contributed by atoms with Crippen LogP contribution in [0.3, 0.4) is 0 Å². The molecule has 6 heteroatoms. The van der Waals surface area contributed by atoms with E-state index < -0.39 is 0 Å². The van der Waals surface area contributed by atoms with E-state index in [0.29, 0.717) is 22.6 Å². The highest BCUT2D eigenvalue weighted by atomic mass is 16.5. The number of ether oxygens (including phenoxy) is 1. The van der Waals surface area contributed by atoms with E-state index in [2.05, 4.69) is 16.0 Å². The third kappa shape index (κ3) is 2.63. The Bertz CT molecular complexity index is 954. The van der Waals surface area contributed by atoms with E-state index in [1.54, 1.807) is 18.2 Å². The Labute approximate surface area is 139 Å². The maximum absolute atomic E-state index is 9.74. The lowest BCUT2D eigenvalue weighted by molar-refractivity contribution is 0.373. The molecule has 1 aromatic carbocycles. The normalized spacial score (nSPS) is 10.4. The number of nitrogens with two attached hydrogens (primary N) is 1. The molecule has 0 spiro atoms. The fraction of sp³-hybridized carbons (Fsp3) is 0.111. The van der Waals surface area contributed by atoms with Gasteiger partial charge in [-0.25, -0.2) is 4.98 Å². The zero-order chi connectivity index (χ0) is 17.3. The van der Waals surface area contributed by atoms with Crippen molar-refractivity contribution in [1.82, 2.24) is 9.97 Å². The van der Waals surface area contributed by atoms with Gasteiger partial charge in [-0.15, -0.1) is 0 Å². The molecular formula is C18H16N4O2. The van der Waals surface area contributed by atoms with Crippen molar-refractivity contribution in [2.24, 2.45) is 0 Å². The molecule has 2 heterocycles. The van der Waals surface area contributed by atoms with Gasteiger partial charge in [0.25, 0.3) is 0 Å². The minimum atomic E-state index is 0.0445. The van der Waals surface area contributed by atoms with Gasteiger partial charge < -0.3 is 20.6 Å². The number of aromatic nitrogens is 2. The molecule has 120 valence electrons. The largest absolute Gasteiger partial charge is 0.504 e. The Balaban J connectivity index is 2.20. The molecule has 24 heavy (non-hydrogen) atoms. The summed E-state index contributed by atoms with van der Waals surface area (Å²) in [5.74, 6) is 0.543. The molecule has 0 bridgehead atoms. The molecule has 0 aliphatic carbocycles. The number of anilines is 1. The minimum absolute atomic E-state index is 0.0445. The van der Waals surface area contributed by atoms with E-state index in [1.807, 2.05) is 19.1 Å². The molecule has 0 fully saturated rings. The Morgan fingerprint density at radius 2 is 2.04 bits per heavy atom. The van der Waals surface area contributed by atoms with Gasteiger partial charge in [0.2, 0.25) is 0 Å². The Hall–Kier alpha value is -3.46. The van der Waals surface area contributed by atoms with Gasteiger partial charge in [0, 0.05) is 22.5 Å². The summed E-state index contributed by atoms with van der Waals surface area (Å²) in [6.07, 6.45) is 0. The van der Waals surface area contributed by atoms with Crippen LogP contribution in [0.2, 0.25) is 0 Å². The van der Waals surface area contributed by atoms with Crippen molar-refractivity contribution in [2.45, 2.75) is 6.92 Å². The predicted molar refractivity (Wildman–Crippen MR) is 91.5 cm³/mol. The van der Waals surface area contributed by atoms with Crippen LogP contribution < -0.4 is 10.5 Å². The summed E-state index contributed by atoms with van der Waals surface area (Å²) in [6, 6.07) is 12.7. The summed E-state index contributed by atoms with van der Waals surface area (Å²) in [7, 11) is 1.48. The lowest BCUT2D eigenvalue weighted by Crippen LogP contribution is -2.00. The summed E-state index contributed by atoms with van der Waals surface area (Å²) in [6.45, 7) is 1.94. The Morgan fingerprint density at radius 1 is 1.25 bits per heavy atom. The van der Waals surface area contributed by atoms with Crippen LogP contribution >= 0.6 is 0 Å². The van der Waals surface area contributed by atoms with E-state index in [-0.39, 0.29) is 11.6 Å². The summed E-state index contributed by atoms with van der Waals surface area (Å²) >= 11 is 0. The van der Waals surface area contributed by atoms with Crippen LogP contribution in [-0.2, 0) is 0 Å². The van der Waals surface area contributed by atoms with Crippen LogP contribution in [0.1, 0.15) is 11.3 Å². The van der Waals surface area contributed by atoms with Crippen LogP contribution in [0.5, 0.6) is 11.5 Å². The second-order valence-electron chi connectivity index (χ2n) is 5.37. The van der Waals surface area contributed by atoms with Crippen molar-refractivity contribution in [1.29, 1.82) is 5.26 Å². The molecule has 0 aliphatic rings. The van der Waals surface area contributed by atoms with Crippen molar-refractivity contribution in [2.75, 3.05) is 12.8 Å². The number of nitrogens with zero attached hydrogens (tertiary/aromatic N) is 2. The number of nitriles is 1. The van der Waals surface area contributed by atoms with Gasteiger partial charge in [-0.05, 0) is 43.3 Å². The number of aryl methyl sites for hydroxylation is 1. The van der Waals surface area contributed by atoms with Crippen LogP contribution in [-0.4, -0.2) is 22.2 Å². The standard InChI is InChI=1S/C18H16N4O2/c1-10-3-5-14(21-10)12-8-15(22-18(20)13(12)9-19)11-4-6-16(23)17(7-11)24-2/h3-8,21,23H,1-2H3,(H2,20,22). The van der Waals surface area contributed by atoms with Crippen LogP contribution in [0.15, 0.2) is 36.4 Å².